The van der Waals surface area contributed by atoms with Gasteiger partial charge in [0.25, 0.3) is 0 Å². The van der Waals surface area contributed by atoms with Gasteiger partial charge in [-0.25, -0.2) is 18.7 Å². The monoisotopic (exact) mass is 344 g/mol. The highest BCUT2D eigenvalue weighted by atomic mass is 19.1. The van der Waals surface area contributed by atoms with Crippen molar-refractivity contribution in [3.05, 3.63) is 72.4 Å². The number of benzene rings is 1. The number of carbonyl (C=O) groups excluding carboxylic acids is 1. The van der Waals surface area contributed by atoms with Crippen molar-refractivity contribution in [1.82, 2.24) is 19.9 Å². The van der Waals surface area contributed by atoms with Crippen LogP contribution < -0.4 is 10.1 Å². The highest BCUT2D eigenvalue weighted by Crippen LogP contribution is 2.25. The van der Waals surface area contributed by atoms with Crippen molar-refractivity contribution in [2.24, 2.45) is 0 Å². The predicted molar refractivity (Wildman–Crippen MR) is 84.7 cm³/mol. The fourth-order valence-corrected chi connectivity index (χ4v) is 2.11. The number of hydrogen-bond donors (Lipinski definition) is 1. The van der Waals surface area contributed by atoms with Gasteiger partial charge in [-0.3, -0.25) is 4.79 Å². The van der Waals surface area contributed by atoms with Crippen LogP contribution in [0.25, 0.3) is 0 Å². The number of rotatable bonds is 6. The molecule has 0 aliphatic heterocycles. The van der Waals surface area contributed by atoms with Gasteiger partial charge in [0.15, 0.2) is 11.6 Å². The highest BCUT2D eigenvalue weighted by Gasteiger charge is 2.11. The Morgan fingerprint density at radius 3 is 2.88 bits per heavy atom. The van der Waals surface area contributed by atoms with Crippen LogP contribution in [0, 0.1) is 11.6 Å². The molecule has 0 aliphatic rings. The van der Waals surface area contributed by atoms with Gasteiger partial charge in [-0.05, 0) is 18.2 Å². The number of nitrogens with zero attached hydrogens (tertiary/aromatic N) is 3. The Balaban J connectivity index is 1.67. The number of pyridine rings is 1. The largest absolute Gasteiger partial charge is 0.436 e. The zero-order chi connectivity index (χ0) is 17.6. The molecule has 1 aromatic carbocycles. The zero-order valence-corrected chi connectivity index (χ0v) is 13.0. The van der Waals surface area contributed by atoms with Gasteiger partial charge in [0, 0.05) is 36.8 Å². The minimum atomic E-state index is -0.833. The molecule has 2 heterocycles. The number of halogens is 2. The third-order valence-corrected chi connectivity index (χ3v) is 3.31. The van der Waals surface area contributed by atoms with E-state index in [1.165, 1.54) is 18.6 Å². The molecule has 0 atom stereocenters. The third kappa shape index (κ3) is 4.37. The highest BCUT2D eigenvalue weighted by molar-refractivity contribution is 5.75. The molecular formula is C17H14F2N4O2. The summed E-state index contributed by atoms with van der Waals surface area (Å²) in [4.78, 5) is 19.8. The van der Waals surface area contributed by atoms with E-state index in [4.69, 9.17) is 4.74 Å². The van der Waals surface area contributed by atoms with Crippen LogP contribution >= 0.6 is 0 Å². The van der Waals surface area contributed by atoms with Crippen LogP contribution in [0.15, 0.2) is 55.2 Å². The number of hydrogen-bond acceptors (Lipinski definition) is 4. The summed E-state index contributed by atoms with van der Waals surface area (Å²) in [6.07, 6.45) is 6.27. The van der Waals surface area contributed by atoms with Crippen molar-refractivity contribution >= 4 is 5.91 Å². The van der Waals surface area contributed by atoms with E-state index in [0.29, 0.717) is 5.56 Å². The number of amides is 1. The Morgan fingerprint density at radius 1 is 1.24 bits per heavy atom. The SMILES string of the molecule is O=C(Cn1ccnc1)NCc1cccnc1Oc1ccc(F)cc1F. The van der Waals surface area contributed by atoms with Gasteiger partial charge in [0.2, 0.25) is 11.8 Å². The molecule has 25 heavy (non-hydrogen) atoms. The molecule has 2 aromatic heterocycles. The first-order valence-electron chi connectivity index (χ1n) is 7.41. The third-order valence-electron chi connectivity index (χ3n) is 3.31. The molecule has 1 amide bonds. The summed E-state index contributed by atoms with van der Waals surface area (Å²) in [5.41, 5.74) is 0.560. The molecule has 128 valence electrons. The normalized spacial score (nSPS) is 10.5. The number of carbonyl (C=O) groups is 1. The Morgan fingerprint density at radius 2 is 2.12 bits per heavy atom. The Bertz CT molecular complexity index is 869. The molecule has 0 saturated carbocycles. The fourth-order valence-electron chi connectivity index (χ4n) is 2.11. The van der Waals surface area contributed by atoms with Crippen molar-refractivity contribution in [1.29, 1.82) is 0 Å². The van der Waals surface area contributed by atoms with Gasteiger partial charge in [-0.2, -0.15) is 0 Å². The Labute approximate surface area is 142 Å². The Hall–Kier alpha value is -3.29. The van der Waals surface area contributed by atoms with E-state index >= 15 is 0 Å². The zero-order valence-electron chi connectivity index (χ0n) is 13.0. The minimum Gasteiger partial charge on any atom is -0.436 e. The van der Waals surface area contributed by atoms with E-state index in [1.54, 1.807) is 29.1 Å². The summed E-state index contributed by atoms with van der Waals surface area (Å²) in [5.74, 6) is -1.76. The molecule has 1 N–H and O–H groups in total. The first-order chi connectivity index (χ1) is 12.1. The molecule has 0 unspecified atom stereocenters. The topological polar surface area (TPSA) is 69.0 Å². The van der Waals surface area contributed by atoms with Crippen molar-refractivity contribution in [3.63, 3.8) is 0 Å². The van der Waals surface area contributed by atoms with Crippen LogP contribution in [0.5, 0.6) is 11.6 Å². The van der Waals surface area contributed by atoms with Gasteiger partial charge in [0.1, 0.15) is 12.4 Å². The van der Waals surface area contributed by atoms with Crippen LogP contribution in [-0.2, 0) is 17.9 Å². The molecular weight excluding hydrogens is 330 g/mol. The first-order valence-corrected chi connectivity index (χ1v) is 7.41. The first kappa shape index (κ1) is 16.6. The average molecular weight is 344 g/mol. The molecule has 0 radical (unpaired) electrons. The molecule has 0 spiro atoms. The molecule has 0 fully saturated rings. The lowest BCUT2D eigenvalue weighted by molar-refractivity contribution is -0.121. The van der Waals surface area contributed by atoms with Gasteiger partial charge in [-0.1, -0.05) is 6.07 Å². The second kappa shape index (κ2) is 7.52. The van der Waals surface area contributed by atoms with Crippen LogP contribution in [0.1, 0.15) is 5.56 Å². The van der Waals surface area contributed by atoms with E-state index in [0.717, 1.165) is 12.1 Å². The maximum atomic E-state index is 13.7. The van der Waals surface area contributed by atoms with E-state index in [9.17, 15) is 13.6 Å². The molecule has 3 rings (SSSR count). The average Bonchev–Trinajstić information content (AvgIpc) is 3.09. The smallest absolute Gasteiger partial charge is 0.240 e. The maximum absolute atomic E-state index is 13.7. The quantitative estimate of drug-likeness (QED) is 0.746. The number of nitrogens with one attached hydrogen (secondary N) is 1. The standard InChI is InChI=1S/C17H14F2N4O2/c18-13-3-4-15(14(19)8-13)25-17-12(2-1-5-21-17)9-22-16(24)10-23-7-6-20-11-23/h1-8,11H,9-10H2,(H,22,24). The molecule has 0 aliphatic carbocycles. The van der Waals surface area contributed by atoms with E-state index in [2.05, 4.69) is 15.3 Å². The van der Waals surface area contributed by atoms with Crippen molar-refractivity contribution in [2.45, 2.75) is 13.1 Å². The summed E-state index contributed by atoms with van der Waals surface area (Å²) >= 11 is 0. The fraction of sp³-hybridized carbons (Fsp3) is 0.118. The van der Waals surface area contributed by atoms with E-state index in [1.807, 2.05) is 0 Å². The molecule has 0 saturated heterocycles. The summed E-state index contributed by atoms with van der Waals surface area (Å²) in [5, 5.41) is 2.73. The van der Waals surface area contributed by atoms with Crippen molar-refractivity contribution in [3.8, 4) is 11.6 Å². The maximum Gasteiger partial charge on any atom is 0.240 e. The lowest BCUT2D eigenvalue weighted by atomic mass is 10.2. The van der Waals surface area contributed by atoms with Crippen molar-refractivity contribution in [2.75, 3.05) is 0 Å². The molecule has 6 nitrogen and oxygen atoms in total. The second-order valence-corrected chi connectivity index (χ2v) is 5.16. The van der Waals surface area contributed by atoms with Crippen LogP contribution in [-0.4, -0.2) is 20.4 Å². The van der Waals surface area contributed by atoms with Gasteiger partial charge in [-0.15, -0.1) is 0 Å². The molecule has 8 heteroatoms. The van der Waals surface area contributed by atoms with Crippen LogP contribution in [0.2, 0.25) is 0 Å². The summed E-state index contributed by atoms with van der Waals surface area (Å²) in [6.45, 7) is 0.280. The van der Waals surface area contributed by atoms with Crippen LogP contribution in [0.4, 0.5) is 8.78 Å². The Kier molecular flexibility index (Phi) is 4.98. The summed E-state index contributed by atoms with van der Waals surface area (Å²) in [7, 11) is 0. The van der Waals surface area contributed by atoms with Gasteiger partial charge < -0.3 is 14.6 Å². The number of ether oxygens (including phenoxy) is 1. The van der Waals surface area contributed by atoms with Gasteiger partial charge >= 0.3 is 0 Å². The van der Waals surface area contributed by atoms with E-state index in [-0.39, 0.29) is 30.6 Å². The predicted octanol–water partition coefficient (Wildman–Crippen LogP) is 2.67. The number of imidazole rings is 1. The lowest BCUT2D eigenvalue weighted by Crippen LogP contribution is -2.26. The van der Waals surface area contributed by atoms with Crippen LogP contribution in [0.3, 0.4) is 0 Å². The minimum absolute atomic E-state index is 0.128. The summed E-state index contributed by atoms with van der Waals surface area (Å²) in [6, 6.07) is 6.37. The van der Waals surface area contributed by atoms with Gasteiger partial charge in [0.05, 0.1) is 6.33 Å². The number of aromatic nitrogens is 3. The lowest BCUT2D eigenvalue weighted by Gasteiger charge is -2.11. The second-order valence-electron chi connectivity index (χ2n) is 5.16. The molecule has 0 bridgehead atoms. The molecule has 3 aromatic rings. The summed E-state index contributed by atoms with van der Waals surface area (Å²) < 4.78 is 33.7. The van der Waals surface area contributed by atoms with E-state index < -0.39 is 11.6 Å². The van der Waals surface area contributed by atoms with Crippen molar-refractivity contribution < 1.29 is 18.3 Å².